The van der Waals surface area contributed by atoms with Crippen LogP contribution in [0.25, 0.3) is 0 Å². The Kier molecular flexibility index (Phi) is 1.48. The lowest BCUT2D eigenvalue weighted by Gasteiger charge is -2.37. The fourth-order valence-corrected chi connectivity index (χ4v) is 2.70. The minimum atomic E-state index is 0.167. The van der Waals surface area contributed by atoms with Crippen molar-refractivity contribution in [1.29, 1.82) is 0 Å². The molecular formula is C8H11ClO. The van der Waals surface area contributed by atoms with E-state index in [2.05, 4.69) is 0 Å². The molecule has 3 aliphatic carbocycles. The van der Waals surface area contributed by atoms with E-state index in [-0.39, 0.29) is 11.3 Å². The van der Waals surface area contributed by atoms with Crippen LogP contribution < -0.4 is 0 Å². The van der Waals surface area contributed by atoms with E-state index in [9.17, 15) is 4.79 Å². The van der Waals surface area contributed by atoms with E-state index in [1.54, 1.807) is 0 Å². The summed E-state index contributed by atoms with van der Waals surface area (Å²) in [4.78, 5) is 11.2. The molecule has 0 aliphatic heterocycles. The van der Waals surface area contributed by atoms with E-state index in [1.807, 2.05) is 0 Å². The van der Waals surface area contributed by atoms with Gasteiger partial charge in [0.15, 0.2) is 0 Å². The molecule has 0 aromatic rings. The van der Waals surface area contributed by atoms with Crippen LogP contribution in [0.4, 0.5) is 0 Å². The summed E-state index contributed by atoms with van der Waals surface area (Å²) in [5, 5.41) is 0.167. The molecule has 0 spiro atoms. The number of halogens is 1. The number of rotatable bonds is 0. The normalized spacial score (nSPS) is 46.1. The van der Waals surface area contributed by atoms with Gasteiger partial charge in [-0.05, 0) is 25.2 Å². The zero-order chi connectivity index (χ0) is 7.14. The first-order valence-electron chi connectivity index (χ1n) is 3.94. The van der Waals surface area contributed by atoms with Crippen molar-refractivity contribution in [3.05, 3.63) is 0 Å². The van der Waals surface area contributed by atoms with Crippen LogP contribution in [0.2, 0.25) is 0 Å². The van der Waals surface area contributed by atoms with Gasteiger partial charge >= 0.3 is 0 Å². The van der Waals surface area contributed by atoms with Gasteiger partial charge in [0.2, 0.25) is 0 Å². The molecule has 0 radical (unpaired) electrons. The first-order chi connectivity index (χ1) is 4.77. The van der Waals surface area contributed by atoms with E-state index in [0.717, 1.165) is 19.3 Å². The van der Waals surface area contributed by atoms with Crippen LogP contribution in [0.1, 0.15) is 25.7 Å². The predicted molar refractivity (Wildman–Crippen MR) is 40.1 cm³/mol. The molecule has 10 heavy (non-hydrogen) atoms. The number of alkyl halides is 1. The Morgan fingerprint density at radius 3 is 2.60 bits per heavy atom. The lowest BCUT2D eigenvalue weighted by Crippen LogP contribution is -2.39. The van der Waals surface area contributed by atoms with E-state index < -0.39 is 0 Å². The number of carbonyl (C=O) groups excluding carboxylic acids is 1. The first-order valence-corrected chi connectivity index (χ1v) is 4.38. The molecule has 2 bridgehead atoms. The molecule has 0 aromatic carbocycles. The Bertz CT molecular complexity index is 167. The third-order valence-electron chi connectivity index (χ3n) is 2.78. The Hall–Kier alpha value is -0.0400. The summed E-state index contributed by atoms with van der Waals surface area (Å²) in [6.07, 6.45) is 4.18. The van der Waals surface area contributed by atoms with Crippen molar-refractivity contribution in [3.8, 4) is 0 Å². The summed E-state index contributed by atoms with van der Waals surface area (Å²) in [7, 11) is 0. The molecule has 2 heteroatoms. The van der Waals surface area contributed by atoms with Crippen molar-refractivity contribution in [2.75, 3.05) is 0 Å². The van der Waals surface area contributed by atoms with Crippen LogP contribution in [0.15, 0.2) is 0 Å². The van der Waals surface area contributed by atoms with E-state index >= 15 is 0 Å². The first kappa shape index (κ1) is 6.66. The number of hydrogen-bond donors (Lipinski definition) is 0. The molecular weight excluding hydrogens is 148 g/mol. The van der Waals surface area contributed by atoms with Gasteiger partial charge in [-0.2, -0.15) is 0 Å². The highest BCUT2D eigenvalue weighted by Gasteiger charge is 2.40. The van der Waals surface area contributed by atoms with Gasteiger partial charge in [-0.15, -0.1) is 11.6 Å². The van der Waals surface area contributed by atoms with Crippen LogP contribution in [-0.2, 0) is 4.79 Å². The van der Waals surface area contributed by atoms with Crippen LogP contribution in [0, 0.1) is 11.8 Å². The van der Waals surface area contributed by atoms with Crippen LogP contribution in [-0.4, -0.2) is 11.2 Å². The molecule has 0 amide bonds. The molecule has 0 aromatic heterocycles. The van der Waals surface area contributed by atoms with E-state index in [0.29, 0.717) is 11.7 Å². The third-order valence-corrected chi connectivity index (χ3v) is 3.27. The van der Waals surface area contributed by atoms with Crippen LogP contribution in [0.3, 0.4) is 0 Å². The Balaban J connectivity index is 2.18. The second-order valence-electron chi connectivity index (χ2n) is 3.47. The average Bonchev–Trinajstić information content (AvgIpc) is 1.86. The molecule has 1 nitrogen and oxygen atoms in total. The fraction of sp³-hybridized carbons (Fsp3) is 0.875. The standard InChI is InChI=1S/C8H11ClO/c9-7-3-5-1-2-6(7)8(10)4-5/h5-7H,1-4H2/t5-,6+,7+/m1/s1. The zero-order valence-corrected chi connectivity index (χ0v) is 6.60. The lowest BCUT2D eigenvalue weighted by molar-refractivity contribution is -0.128. The summed E-state index contributed by atoms with van der Waals surface area (Å²) < 4.78 is 0. The average molecular weight is 159 g/mol. The van der Waals surface area contributed by atoms with Gasteiger partial charge in [-0.1, -0.05) is 0 Å². The number of Topliss-reactive ketones (excluding diaryl/α,β-unsaturated/α-hetero) is 1. The fourth-order valence-electron chi connectivity index (χ4n) is 2.18. The van der Waals surface area contributed by atoms with Crippen molar-refractivity contribution in [1.82, 2.24) is 0 Å². The second-order valence-corrected chi connectivity index (χ2v) is 4.03. The Morgan fingerprint density at radius 1 is 1.40 bits per heavy atom. The SMILES string of the molecule is O=C1C[C@@H]2CC[C@H]1[C@@H](Cl)C2. The molecule has 0 N–H and O–H groups in total. The molecule has 3 aliphatic rings. The van der Waals surface area contributed by atoms with Crippen molar-refractivity contribution in [2.45, 2.75) is 31.1 Å². The summed E-state index contributed by atoms with van der Waals surface area (Å²) in [5.41, 5.74) is 0. The number of fused-ring (bicyclic) bond motifs is 3. The summed E-state index contributed by atoms with van der Waals surface area (Å²) in [6, 6.07) is 0. The van der Waals surface area contributed by atoms with Gasteiger partial charge in [-0.3, -0.25) is 4.79 Å². The quantitative estimate of drug-likeness (QED) is 0.493. The van der Waals surface area contributed by atoms with Crippen LogP contribution >= 0.6 is 11.6 Å². The maximum atomic E-state index is 11.2. The van der Waals surface area contributed by atoms with E-state index in [4.69, 9.17) is 11.6 Å². The number of carbonyl (C=O) groups is 1. The Labute approximate surface area is 65.7 Å². The molecule has 3 rings (SSSR count). The molecule has 0 saturated heterocycles. The molecule has 0 unspecified atom stereocenters. The molecule has 56 valence electrons. The zero-order valence-electron chi connectivity index (χ0n) is 5.85. The van der Waals surface area contributed by atoms with E-state index in [1.165, 1.54) is 6.42 Å². The van der Waals surface area contributed by atoms with Crippen molar-refractivity contribution in [2.24, 2.45) is 11.8 Å². The minimum absolute atomic E-state index is 0.167. The topological polar surface area (TPSA) is 17.1 Å². The molecule has 3 saturated carbocycles. The molecule has 3 fully saturated rings. The smallest absolute Gasteiger partial charge is 0.137 e. The summed E-state index contributed by atoms with van der Waals surface area (Å²) >= 11 is 5.99. The van der Waals surface area contributed by atoms with Gasteiger partial charge in [-0.25, -0.2) is 0 Å². The van der Waals surface area contributed by atoms with Gasteiger partial charge in [0, 0.05) is 17.7 Å². The highest BCUT2D eigenvalue weighted by Crippen LogP contribution is 2.41. The van der Waals surface area contributed by atoms with Crippen LogP contribution in [0.5, 0.6) is 0 Å². The maximum Gasteiger partial charge on any atom is 0.137 e. The molecule has 0 heterocycles. The van der Waals surface area contributed by atoms with Gasteiger partial charge in [0.05, 0.1) is 0 Å². The largest absolute Gasteiger partial charge is 0.299 e. The van der Waals surface area contributed by atoms with Gasteiger partial charge < -0.3 is 0 Å². The predicted octanol–water partition coefficient (Wildman–Crippen LogP) is 1.98. The lowest BCUT2D eigenvalue weighted by atomic mass is 9.70. The maximum absolute atomic E-state index is 11.2. The summed E-state index contributed by atoms with van der Waals surface area (Å²) in [5.74, 6) is 1.26. The highest BCUT2D eigenvalue weighted by molar-refractivity contribution is 6.22. The highest BCUT2D eigenvalue weighted by atomic mass is 35.5. The third kappa shape index (κ3) is 0.878. The van der Waals surface area contributed by atoms with Crippen molar-refractivity contribution < 1.29 is 4.79 Å². The van der Waals surface area contributed by atoms with Gasteiger partial charge in [0.25, 0.3) is 0 Å². The Morgan fingerprint density at radius 2 is 2.20 bits per heavy atom. The number of ketones is 1. The minimum Gasteiger partial charge on any atom is -0.299 e. The summed E-state index contributed by atoms with van der Waals surface area (Å²) in [6.45, 7) is 0. The van der Waals surface area contributed by atoms with Gasteiger partial charge in [0.1, 0.15) is 5.78 Å². The monoisotopic (exact) mass is 158 g/mol. The van der Waals surface area contributed by atoms with Crippen molar-refractivity contribution in [3.63, 3.8) is 0 Å². The number of hydrogen-bond acceptors (Lipinski definition) is 1. The molecule has 3 atom stereocenters. The van der Waals surface area contributed by atoms with Crippen molar-refractivity contribution >= 4 is 17.4 Å². The second kappa shape index (κ2) is 2.23.